The molecule has 3 nitrogen and oxygen atoms in total. The molecule has 0 saturated heterocycles. The smallest absolute Gasteiger partial charge is 0.119 e. The number of rotatable bonds is 5. The maximum absolute atomic E-state index is 6.22. The second-order valence-corrected chi connectivity index (χ2v) is 7.46. The van der Waals surface area contributed by atoms with Crippen LogP contribution in [0.1, 0.15) is 39.2 Å². The molecule has 2 rings (SSSR count). The van der Waals surface area contributed by atoms with Crippen molar-refractivity contribution in [1.82, 2.24) is 4.90 Å². The van der Waals surface area contributed by atoms with Crippen LogP contribution in [0.4, 0.5) is 0 Å². The topological polar surface area (TPSA) is 38.5 Å². The number of methoxy groups -OCH3 is 1. The summed E-state index contributed by atoms with van der Waals surface area (Å²) in [6.45, 7) is 8.71. The van der Waals surface area contributed by atoms with Crippen molar-refractivity contribution in [3.63, 3.8) is 0 Å². The first-order valence-corrected chi connectivity index (χ1v) is 7.87. The zero-order valence-electron chi connectivity index (χ0n) is 14.1. The lowest BCUT2D eigenvalue weighted by Gasteiger charge is -2.42. The summed E-state index contributed by atoms with van der Waals surface area (Å²) in [6, 6.07) is 8.32. The molecule has 2 N–H and O–H groups in total. The van der Waals surface area contributed by atoms with Gasteiger partial charge in [-0.25, -0.2) is 0 Å². The molecule has 0 radical (unpaired) electrons. The second-order valence-electron chi connectivity index (χ2n) is 7.46. The Balaban J connectivity index is 2.19. The molecular weight excluding hydrogens is 260 g/mol. The van der Waals surface area contributed by atoms with E-state index in [-0.39, 0.29) is 5.54 Å². The van der Waals surface area contributed by atoms with Crippen LogP contribution in [-0.4, -0.2) is 31.1 Å². The number of nitrogens with two attached hydrogens (primary N) is 1. The molecule has 1 aliphatic carbocycles. The molecule has 2 atom stereocenters. The highest BCUT2D eigenvalue weighted by Gasteiger charge is 2.49. The van der Waals surface area contributed by atoms with Crippen molar-refractivity contribution >= 4 is 0 Å². The molecule has 0 amide bonds. The second kappa shape index (κ2) is 5.98. The summed E-state index contributed by atoms with van der Waals surface area (Å²) in [5.41, 5.74) is 7.98. The Kier molecular flexibility index (Phi) is 4.64. The van der Waals surface area contributed by atoms with E-state index >= 15 is 0 Å². The molecule has 1 aliphatic rings. The Labute approximate surface area is 129 Å². The van der Waals surface area contributed by atoms with Crippen LogP contribution < -0.4 is 10.5 Å². The van der Waals surface area contributed by atoms with E-state index in [2.05, 4.69) is 50.9 Å². The zero-order chi connectivity index (χ0) is 15.7. The van der Waals surface area contributed by atoms with Gasteiger partial charge < -0.3 is 10.5 Å². The predicted molar refractivity (Wildman–Crippen MR) is 88.4 cm³/mol. The van der Waals surface area contributed by atoms with E-state index in [4.69, 9.17) is 10.5 Å². The standard InChI is InChI=1S/C18H30N2O/c1-14-10-17(2,3)12-18(14,13-19)20(4)11-15-7-6-8-16(9-15)21-5/h6-9,14H,10-13,19H2,1-5H3. The van der Waals surface area contributed by atoms with Crippen LogP contribution in [0.15, 0.2) is 24.3 Å². The van der Waals surface area contributed by atoms with Crippen molar-refractivity contribution in [2.45, 2.75) is 45.7 Å². The lowest BCUT2D eigenvalue weighted by Crippen LogP contribution is -2.54. The van der Waals surface area contributed by atoms with Crippen LogP contribution in [0.5, 0.6) is 5.75 Å². The fourth-order valence-electron chi connectivity index (χ4n) is 4.24. The van der Waals surface area contributed by atoms with Gasteiger partial charge in [0.05, 0.1) is 7.11 Å². The number of hydrogen-bond acceptors (Lipinski definition) is 3. The van der Waals surface area contributed by atoms with Crippen LogP contribution in [0.2, 0.25) is 0 Å². The molecule has 0 spiro atoms. The van der Waals surface area contributed by atoms with Crippen molar-refractivity contribution in [1.29, 1.82) is 0 Å². The van der Waals surface area contributed by atoms with Gasteiger partial charge in [-0.3, -0.25) is 4.90 Å². The first-order valence-electron chi connectivity index (χ1n) is 7.87. The fraction of sp³-hybridized carbons (Fsp3) is 0.667. The van der Waals surface area contributed by atoms with Gasteiger partial charge in [-0.1, -0.05) is 32.9 Å². The summed E-state index contributed by atoms with van der Waals surface area (Å²) in [5, 5.41) is 0. The number of likely N-dealkylation sites (N-methyl/N-ethyl adjacent to an activating group) is 1. The predicted octanol–water partition coefficient (Wildman–Crippen LogP) is 3.28. The van der Waals surface area contributed by atoms with Gasteiger partial charge in [-0.2, -0.15) is 0 Å². The number of nitrogens with zero attached hydrogens (tertiary/aromatic N) is 1. The minimum absolute atomic E-state index is 0.104. The normalized spacial score (nSPS) is 28.0. The first kappa shape index (κ1) is 16.3. The summed E-state index contributed by atoms with van der Waals surface area (Å²) in [6.07, 6.45) is 2.41. The van der Waals surface area contributed by atoms with E-state index in [1.54, 1.807) is 7.11 Å². The highest BCUT2D eigenvalue weighted by atomic mass is 16.5. The van der Waals surface area contributed by atoms with E-state index < -0.39 is 0 Å². The molecule has 0 aromatic heterocycles. The summed E-state index contributed by atoms with van der Waals surface area (Å²) in [5.74, 6) is 1.54. The van der Waals surface area contributed by atoms with E-state index in [1.807, 2.05) is 6.07 Å². The molecule has 3 heteroatoms. The third kappa shape index (κ3) is 3.24. The van der Waals surface area contributed by atoms with Crippen LogP contribution in [-0.2, 0) is 6.54 Å². The third-order valence-electron chi connectivity index (χ3n) is 5.23. The van der Waals surface area contributed by atoms with Crippen LogP contribution in [0, 0.1) is 11.3 Å². The highest BCUT2D eigenvalue weighted by molar-refractivity contribution is 5.28. The lowest BCUT2D eigenvalue weighted by molar-refractivity contribution is 0.0785. The SMILES string of the molecule is COc1cccc(CN(C)C2(CN)CC(C)(C)CC2C)c1. The molecule has 0 heterocycles. The van der Waals surface area contributed by atoms with Crippen LogP contribution in [0.3, 0.4) is 0 Å². The Morgan fingerprint density at radius 2 is 2.10 bits per heavy atom. The molecule has 1 saturated carbocycles. The average Bonchev–Trinajstić information content (AvgIpc) is 2.69. The molecule has 1 fully saturated rings. The van der Waals surface area contributed by atoms with Crippen molar-refractivity contribution in [3.05, 3.63) is 29.8 Å². The van der Waals surface area contributed by atoms with Crippen molar-refractivity contribution < 1.29 is 4.74 Å². The monoisotopic (exact) mass is 290 g/mol. The number of ether oxygens (including phenoxy) is 1. The van der Waals surface area contributed by atoms with Gasteiger partial charge in [0.25, 0.3) is 0 Å². The number of benzene rings is 1. The molecule has 1 aromatic rings. The van der Waals surface area contributed by atoms with Gasteiger partial charge in [-0.15, -0.1) is 0 Å². The van der Waals surface area contributed by atoms with E-state index in [1.165, 1.54) is 12.0 Å². The highest BCUT2D eigenvalue weighted by Crippen LogP contribution is 2.49. The Morgan fingerprint density at radius 3 is 2.62 bits per heavy atom. The van der Waals surface area contributed by atoms with Gasteiger partial charge in [0.2, 0.25) is 0 Å². The van der Waals surface area contributed by atoms with Gasteiger partial charge in [0, 0.05) is 18.6 Å². The summed E-state index contributed by atoms with van der Waals surface area (Å²) in [4.78, 5) is 2.46. The summed E-state index contributed by atoms with van der Waals surface area (Å²) < 4.78 is 5.32. The molecule has 2 unspecified atom stereocenters. The average molecular weight is 290 g/mol. The molecule has 1 aromatic carbocycles. The maximum atomic E-state index is 6.22. The summed E-state index contributed by atoms with van der Waals surface area (Å²) >= 11 is 0. The van der Waals surface area contributed by atoms with Crippen molar-refractivity contribution in [3.8, 4) is 5.75 Å². The molecule has 0 bridgehead atoms. The molecule has 118 valence electrons. The van der Waals surface area contributed by atoms with E-state index in [0.29, 0.717) is 11.3 Å². The molecular formula is C18H30N2O. The van der Waals surface area contributed by atoms with Gasteiger partial charge in [0.1, 0.15) is 5.75 Å². The number of hydrogen-bond donors (Lipinski definition) is 1. The lowest BCUT2D eigenvalue weighted by atomic mass is 9.84. The van der Waals surface area contributed by atoms with Crippen LogP contribution in [0.25, 0.3) is 0 Å². The van der Waals surface area contributed by atoms with Crippen molar-refractivity contribution in [2.24, 2.45) is 17.1 Å². The van der Waals surface area contributed by atoms with Gasteiger partial charge in [0.15, 0.2) is 0 Å². The molecule has 21 heavy (non-hydrogen) atoms. The summed E-state index contributed by atoms with van der Waals surface area (Å²) in [7, 11) is 3.93. The Morgan fingerprint density at radius 1 is 1.38 bits per heavy atom. The minimum atomic E-state index is 0.104. The van der Waals surface area contributed by atoms with Gasteiger partial charge >= 0.3 is 0 Å². The quantitative estimate of drug-likeness (QED) is 0.904. The Bertz CT molecular complexity index is 486. The minimum Gasteiger partial charge on any atom is -0.497 e. The van der Waals surface area contributed by atoms with E-state index in [9.17, 15) is 0 Å². The van der Waals surface area contributed by atoms with Gasteiger partial charge in [-0.05, 0) is 48.9 Å². The zero-order valence-corrected chi connectivity index (χ0v) is 14.1. The third-order valence-corrected chi connectivity index (χ3v) is 5.23. The fourth-order valence-corrected chi connectivity index (χ4v) is 4.24. The van der Waals surface area contributed by atoms with E-state index in [0.717, 1.165) is 25.3 Å². The molecule has 0 aliphatic heterocycles. The maximum Gasteiger partial charge on any atom is 0.119 e. The van der Waals surface area contributed by atoms with Crippen LogP contribution >= 0.6 is 0 Å². The van der Waals surface area contributed by atoms with Crippen molar-refractivity contribution in [2.75, 3.05) is 20.7 Å². The first-order chi connectivity index (χ1) is 9.83. The Hall–Kier alpha value is -1.06. The largest absolute Gasteiger partial charge is 0.497 e.